The molecule has 0 radical (unpaired) electrons. The normalized spacial score (nSPS) is 23.6. The third kappa shape index (κ3) is 4.01. The van der Waals surface area contributed by atoms with E-state index < -0.39 is 0 Å². The van der Waals surface area contributed by atoms with Crippen molar-refractivity contribution in [2.75, 3.05) is 13.7 Å². The third-order valence-electron chi connectivity index (χ3n) is 3.61. The Hall–Kier alpha value is -0.160. The first-order valence-electron chi connectivity index (χ1n) is 6.23. The van der Waals surface area contributed by atoms with Crippen molar-refractivity contribution in [3.63, 3.8) is 0 Å². The molecule has 1 aliphatic rings. The Morgan fingerprint density at radius 1 is 1.56 bits per heavy atom. The number of nitrogens with two attached hydrogens (primary N) is 1. The van der Waals surface area contributed by atoms with Crippen LogP contribution in [0.2, 0.25) is 0 Å². The molecule has 0 saturated carbocycles. The monoisotopic (exact) mass is 230 g/mol. The first kappa shape index (κ1) is 13.9. The lowest BCUT2D eigenvalue weighted by atomic mass is 9.93. The summed E-state index contributed by atoms with van der Waals surface area (Å²) in [7, 11) is 1.73. The molecule has 1 fully saturated rings. The molecular formula is C12H26N2O2. The fourth-order valence-corrected chi connectivity index (χ4v) is 2.20. The third-order valence-corrected chi connectivity index (χ3v) is 3.61. The molecule has 0 amide bonds. The Morgan fingerprint density at radius 3 is 2.81 bits per heavy atom. The van der Waals surface area contributed by atoms with Crippen LogP contribution in [0.4, 0.5) is 0 Å². The maximum atomic E-state index is 5.60. The highest BCUT2D eigenvalue weighted by atomic mass is 16.5. The molecule has 0 aromatic heterocycles. The summed E-state index contributed by atoms with van der Waals surface area (Å²) in [5.41, 5.74) is 2.64. The average molecular weight is 230 g/mol. The van der Waals surface area contributed by atoms with Crippen LogP contribution in [0.3, 0.4) is 0 Å². The van der Waals surface area contributed by atoms with E-state index in [0.29, 0.717) is 6.10 Å². The summed E-state index contributed by atoms with van der Waals surface area (Å²) in [4.78, 5) is 0. The van der Waals surface area contributed by atoms with Crippen molar-refractivity contribution in [3.8, 4) is 0 Å². The minimum atomic E-state index is -0.217. The van der Waals surface area contributed by atoms with Crippen LogP contribution in [0.15, 0.2) is 0 Å². The molecule has 4 nitrogen and oxygen atoms in total. The van der Waals surface area contributed by atoms with Crippen molar-refractivity contribution < 1.29 is 9.47 Å². The maximum Gasteiger partial charge on any atom is 0.0788 e. The van der Waals surface area contributed by atoms with Gasteiger partial charge in [-0.05, 0) is 46.0 Å². The lowest BCUT2D eigenvalue weighted by molar-refractivity contribution is -0.0142. The van der Waals surface area contributed by atoms with Gasteiger partial charge in [0.1, 0.15) is 0 Å². The van der Waals surface area contributed by atoms with Crippen molar-refractivity contribution >= 4 is 0 Å². The Labute approximate surface area is 98.8 Å². The van der Waals surface area contributed by atoms with Gasteiger partial charge >= 0.3 is 0 Å². The predicted octanol–water partition coefficient (Wildman–Crippen LogP) is 1.59. The summed E-state index contributed by atoms with van der Waals surface area (Å²) in [6, 6.07) is 0.193. The van der Waals surface area contributed by atoms with Gasteiger partial charge in [0.05, 0.1) is 11.7 Å². The second kappa shape index (κ2) is 6.55. The highest BCUT2D eigenvalue weighted by Crippen LogP contribution is 2.22. The SMILES string of the molecule is COC(C)(C)C(CCCC1CCCO1)NN. The van der Waals surface area contributed by atoms with Crippen molar-refractivity contribution in [1.29, 1.82) is 0 Å². The lowest BCUT2D eigenvalue weighted by Gasteiger charge is -2.32. The maximum absolute atomic E-state index is 5.60. The molecular weight excluding hydrogens is 204 g/mol. The van der Waals surface area contributed by atoms with Crippen molar-refractivity contribution in [1.82, 2.24) is 5.43 Å². The van der Waals surface area contributed by atoms with Gasteiger partial charge in [-0.1, -0.05) is 0 Å². The molecule has 1 saturated heterocycles. The van der Waals surface area contributed by atoms with Crippen molar-refractivity contribution in [3.05, 3.63) is 0 Å². The molecule has 96 valence electrons. The lowest BCUT2D eigenvalue weighted by Crippen LogP contribution is -2.51. The van der Waals surface area contributed by atoms with Crippen LogP contribution in [0.1, 0.15) is 46.0 Å². The molecule has 4 heteroatoms. The zero-order chi connectivity index (χ0) is 12.0. The van der Waals surface area contributed by atoms with E-state index in [0.717, 1.165) is 25.9 Å². The van der Waals surface area contributed by atoms with Gasteiger partial charge in [-0.15, -0.1) is 0 Å². The van der Waals surface area contributed by atoms with Crippen LogP contribution in [-0.4, -0.2) is 31.5 Å². The van der Waals surface area contributed by atoms with Crippen LogP contribution in [0.25, 0.3) is 0 Å². The zero-order valence-electron chi connectivity index (χ0n) is 10.8. The molecule has 1 heterocycles. The average Bonchev–Trinajstić information content (AvgIpc) is 2.77. The Kier molecular flexibility index (Phi) is 5.69. The van der Waals surface area contributed by atoms with Gasteiger partial charge in [-0.25, -0.2) is 0 Å². The highest BCUT2D eigenvalue weighted by molar-refractivity contribution is 4.84. The Bertz CT molecular complexity index is 191. The van der Waals surface area contributed by atoms with E-state index in [1.807, 2.05) is 0 Å². The highest BCUT2D eigenvalue weighted by Gasteiger charge is 2.28. The van der Waals surface area contributed by atoms with Crippen molar-refractivity contribution in [2.24, 2.45) is 5.84 Å². The number of methoxy groups -OCH3 is 1. The van der Waals surface area contributed by atoms with E-state index in [1.54, 1.807) is 7.11 Å². The van der Waals surface area contributed by atoms with Gasteiger partial charge in [-0.3, -0.25) is 11.3 Å². The standard InChI is InChI=1S/C12H26N2O2/c1-12(2,15-3)11(14-13)8-4-6-10-7-5-9-16-10/h10-11,14H,4-9,13H2,1-3H3. The fourth-order valence-electron chi connectivity index (χ4n) is 2.20. The second-order valence-corrected chi connectivity index (χ2v) is 5.09. The number of nitrogens with one attached hydrogen (secondary N) is 1. The van der Waals surface area contributed by atoms with Gasteiger partial charge in [0.15, 0.2) is 0 Å². The first-order chi connectivity index (χ1) is 7.60. The zero-order valence-corrected chi connectivity index (χ0v) is 10.8. The van der Waals surface area contributed by atoms with Crippen LogP contribution in [-0.2, 0) is 9.47 Å². The molecule has 0 bridgehead atoms. The van der Waals surface area contributed by atoms with Crippen molar-refractivity contribution in [2.45, 2.75) is 63.7 Å². The van der Waals surface area contributed by atoms with Crippen LogP contribution in [0.5, 0.6) is 0 Å². The van der Waals surface area contributed by atoms with Crippen LogP contribution in [0, 0.1) is 0 Å². The van der Waals surface area contributed by atoms with E-state index >= 15 is 0 Å². The quantitative estimate of drug-likeness (QED) is 0.515. The second-order valence-electron chi connectivity index (χ2n) is 5.09. The van der Waals surface area contributed by atoms with Crippen LogP contribution < -0.4 is 11.3 Å². The summed E-state index contributed by atoms with van der Waals surface area (Å²) < 4.78 is 11.0. The van der Waals surface area contributed by atoms with Gasteiger partial charge in [0.2, 0.25) is 0 Å². The summed E-state index contributed by atoms with van der Waals surface area (Å²) in [6.07, 6.45) is 6.20. The molecule has 0 aromatic carbocycles. The predicted molar refractivity (Wildman–Crippen MR) is 65.0 cm³/mol. The smallest absolute Gasteiger partial charge is 0.0788 e. The molecule has 1 aliphatic heterocycles. The topological polar surface area (TPSA) is 56.5 Å². The number of rotatable bonds is 7. The molecule has 3 N–H and O–H groups in total. The van der Waals surface area contributed by atoms with Gasteiger partial charge < -0.3 is 9.47 Å². The molecule has 0 aliphatic carbocycles. The van der Waals surface area contributed by atoms with E-state index in [1.165, 1.54) is 12.8 Å². The van der Waals surface area contributed by atoms with E-state index in [4.69, 9.17) is 15.3 Å². The number of ether oxygens (including phenoxy) is 2. The molecule has 0 spiro atoms. The molecule has 2 unspecified atom stereocenters. The van der Waals surface area contributed by atoms with E-state index in [2.05, 4.69) is 19.3 Å². The Morgan fingerprint density at radius 2 is 2.31 bits per heavy atom. The van der Waals surface area contributed by atoms with E-state index in [-0.39, 0.29) is 11.6 Å². The summed E-state index contributed by atoms with van der Waals surface area (Å²) in [6.45, 7) is 5.06. The molecule has 1 rings (SSSR count). The summed E-state index contributed by atoms with van der Waals surface area (Å²) in [5, 5.41) is 0. The van der Waals surface area contributed by atoms with Gasteiger partial charge in [0.25, 0.3) is 0 Å². The molecule has 0 aromatic rings. The summed E-state index contributed by atoms with van der Waals surface area (Å²) in [5.74, 6) is 5.57. The Balaban J connectivity index is 2.22. The van der Waals surface area contributed by atoms with Gasteiger partial charge in [-0.2, -0.15) is 0 Å². The fraction of sp³-hybridized carbons (Fsp3) is 1.00. The molecule has 2 atom stereocenters. The van der Waals surface area contributed by atoms with Gasteiger partial charge in [0, 0.05) is 19.8 Å². The summed E-state index contributed by atoms with van der Waals surface area (Å²) >= 11 is 0. The number of hydrazine groups is 1. The first-order valence-corrected chi connectivity index (χ1v) is 6.23. The molecule has 16 heavy (non-hydrogen) atoms. The largest absolute Gasteiger partial charge is 0.378 e. The van der Waals surface area contributed by atoms with Crippen LogP contribution >= 0.6 is 0 Å². The number of hydrogen-bond donors (Lipinski definition) is 2. The number of hydrogen-bond acceptors (Lipinski definition) is 4. The van der Waals surface area contributed by atoms with E-state index in [9.17, 15) is 0 Å². The minimum absolute atomic E-state index is 0.193. The minimum Gasteiger partial charge on any atom is -0.378 e.